The van der Waals surface area contributed by atoms with Gasteiger partial charge in [0.15, 0.2) is 0 Å². The van der Waals surface area contributed by atoms with Crippen molar-refractivity contribution in [2.45, 2.75) is 12.8 Å². The van der Waals surface area contributed by atoms with Gasteiger partial charge in [-0.15, -0.1) is 0 Å². The molecule has 0 saturated heterocycles. The van der Waals surface area contributed by atoms with Crippen molar-refractivity contribution in [3.8, 4) is 0 Å². The minimum absolute atomic E-state index is 0.260. The Hall–Kier alpha value is -1.24. The second-order valence-corrected chi connectivity index (χ2v) is 2.71. The molecule has 0 aliphatic carbocycles. The van der Waals surface area contributed by atoms with E-state index in [1.165, 1.54) is 5.56 Å². The average Bonchev–Trinajstić information content (AvgIpc) is 2.05. The molecule has 0 aliphatic rings. The highest BCUT2D eigenvalue weighted by molar-refractivity contribution is 5.24. The predicted molar refractivity (Wildman–Crippen MR) is 48.2 cm³/mol. The standard InChI is InChI=1S/C10H13N/c1-8(9(2)11)10-6-4-3-5-7-10/h3-8H,2,11H2,1H3/t8-/m1/s1. The zero-order chi connectivity index (χ0) is 8.27. The molecule has 0 spiro atoms. The fraction of sp³-hybridized carbons (Fsp3) is 0.200. The van der Waals surface area contributed by atoms with E-state index < -0.39 is 0 Å². The largest absolute Gasteiger partial charge is 0.402 e. The van der Waals surface area contributed by atoms with E-state index in [1.807, 2.05) is 18.2 Å². The van der Waals surface area contributed by atoms with Crippen LogP contribution in [0.25, 0.3) is 0 Å². The molecule has 0 aliphatic heterocycles. The van der Waals surface area contributed by atoms with Gasteiger partial charge in [-0.2, -0.15) is 0 Å². The topological polar surface area (TPSA) is 26.0 Å². The quantitative estimate of drug-likeness (QED) is 0.682. The Morgan fingerprint density at radius 1 is 1.36 bits per heavy atom. The van der Waals surface area contributed by atoms with Crippen LogP contribution in [-0.4, -0.2) is 0 Å². The van der Waals surface area contributed by atoms with Crippen molar-refractivity contribution in [2.24, 2.45) is 5.73 Å². The zero-order valence-electron chi connectivity index (χ0n) is 6.75. The Labute approximate surface area is 67.5 Å². The fourth-order valence-corrected chi connectivity index (χ4v) is 0.956. The lowest BCUT2D eigenvalue weighted by molar-refractivity contribution is 0.883. The number of hydrogen-bond donors (Lipinski definition) is 1. The molecule has 1 rings (SSSR count). The highest BCUT2D eigenvalue weighted by atomic mass is 14.6. The van der Waals surface area contributed by atoms with E-state index in [-0.39, 0.29) is 5.92 Å². The number of allylic oxidation sites excluding steroid dienone is 1. The van der Waals surface area contributed by atoms with Crippen molar-refractivity contribution >= 4 is 0 Å². The molecular weight excluding hydrogens is 134 g/mol. The number of nitrogens with two attached hydrogens (primary N) is 1. The first-order chi connectivity index (χ1) is 5.22. The van der Waals surface area contributed by atoms with Gasteiger partial charge in [0, 0.05) is 11.6 Å². The molecule has 0 fully saturated rings. The lowest BCUT2D eigenvalue weighted by Crippen LogP contribution is -2.04. The summed E-state index contributed by atoms with van der Waals surface area (Å²) < 4.78 is 0. The number of hydrogen-bond acceptors (Lipinski definition) is 1. The normalized spacial score (nSPS) is 12.5. The summed E-state index contributed by atoms with van der Waals surface area (Å²) in [5.74, 6) is 0.260. The van der Waals surface area contributed by atoms with Crippen LogP contribution < -0.4 is 5.73 Å². The first-order valence-corrected chi connectivity index (χ1v) is 3.71. The highest BCUT2D eigenvalue weighted by Gasteiger charge is 2.03. The summed E-state index contributed by atoms with van der Waals surface area (Å²) in [6, 6.07) is 10.1. The van der Waals surface area contributed by atoms with Crippen LogP contribution in [0.5, 0.6) is 0 Å². The molecule has 58 valence electrons. The first kappa shape index (κ1) is 7.86. The van der Waals surface area contributed by atoms with Gasteiger partial charge in [-0.3, -0.25) is 0 Å². The monoisotopic (exact) mass is 147 g/mol. The molecule has 1 aromatic rings. The molecule has 0 aromatic heterocycles. The van der Waals surface area contributed by atoms with Crippen LogP contribution in [0.15, 0.2) is 42.6 Å². The van der Waals surface area contributed by atoms with Crippen molar-refractivity contribution in [2.75, 3.05) is 0 Å². The van der Waals surface area contributed by atoms with Crippen LogP contribution >= 0.6 is 0 Å². The molecule has 1 atom stereocenters. The molecule has 1 aromatic carbocycles. The van der Waals surface area contributed by atoms with Gasteiger partial charge in [-0.25, -0.2) is 0 Å². The molecule has 0 saturated carbocycles. The zero-order valence-corrected chi connectivity index (χ0v) is 6.75. The summed E-state index contributed by atoms with van der Waals surface area (Å²) in [5, 5.41) is 0. The smallest absolute Gasteiger partial charge is 0.0201 e. The molecule has 0 heterocycles. The summed E-state index contributed by atoms with van der Waals surface area (Å²) in [6.45, 7) is 5.76. The highest BCUT2D eigenvalue weighted by Crippen LogP contribution is 2.17. The third-order valence-electron chi connectivity index (χ3n) is 1.86. The summed E-state index contributed by atoms with van der Waals surface area (Å²) in [5.41, 5.74) is 7.51. The Bertz CT molecular complexity index is 238. The van der Waals surface area contributed by atoms with Gasteiger partial charge in [0.2, 0.25) is 0 Å². The minimum atomic E-state index is 0.260. The van der Waals surface area contributed by atoms with E-state index in [4.69, 9.17) is 5.73 Å². The summed E-state index contributed by atoms with van der Waals surface area (Å²) in [7, 11) is 0. The maximum atomic E-state index is 5.57. The lowest BCUT2D eigenvalue weighted by Gasteiger charge is -2.09. The van der Waals surface area contributed by atoms with E-state index in [1.54, 1.807) is 0 Å². The Morgan fingerprint density at radius 3 is 2.36 bits per heavy atom. The van der Waals surface area contributed by atoms with Gasteiger partial charge in [0.25, 0.3) is 0 Å². The number of benzene rings is 1. The SMILES string of the molecule is C=C(N)[C@@H](C)c1ccccc1. The molecule has 1 heteroatoms. The average molecular weight is 147 g/mol. The molecule has 11 heavy (non-hydrogen) atoms. The van der Waals surface area contributed by atoms with E-state index >= 15 is 0 Å². The maximum Gasteiger partial charge on any atom is 0.0201 e. The Morgan fingerprint density at radius 2 is 1.91 bits per heavy atom. The third-order valence-corrected chi connectivity index (χ3v) is 1.86. The number of rotatable bonds is 2. The van der Waals surface area contributed by atoms with Gasteiger partial charge >= 0.3 is 0 Å². The van der Waals surface area contributed by atoms with Crippen molar-refractivity contribution in [3.05, 3.63) is 48.2 Å². The lowest BCUT2D eigenvalue weighted by atomic mass is 9.99. The van der Waals surface area contributed by atoms with Crippen molar-refractivity contribution in [1.29, 1.82) is 0 Å². The van der Waals surface area contributed by atoms with Gasteiger partial charge in [0.05, 0.1) is 0 Å². The second-order valence-electron chi connectivity index (χ2n) is 2.71. The van der Waals surface area contributed by atoms with E-state index in [9.17, 15) is 0 Å². The van der Waals surface area contributed by atoms with Crippen molar-refractivity contribution < 1.29 is 0 Å². The third kappa shape index (κ3) is 1.84. The molecule has 0 unspecified atom stereocenters. The van der Waals surface area contributed by atoms with Crippen LogP contribution in [0.4, 0.5) is 0 Å². The molecule has 2 N–H and O–H groups in total. The molecule has 0 bridgehead atoms. The van der Waals surface area contributed by atoms with E-state index in [0.29, 0.717) is 0 Å². The van der Waals surface area contributed by atoms with Crippen LogP contribution in [0, 0.1) is 0 Å². The van der Waals surface area contributed by atoms with Gasteiger partial charge in [-0.1, -0.05) is 43.8 Å². The van der Waals surface area contributed by atoms with Crippen molar-refractivity contribution in [3.63, 3.8) is 0 Å². The van der Waals surface area contributed by atoms with Crippen LogP contribution in [0.1, 0.15) is 18.4 Å². The van der Waals surface area contributed by atoms with E-state index in [0.717, 1.165) is 5.70 Å². The molecule has 1 nitrogen and oxygen atoms in total. The van der Waals surface area contributed by atoms with E-state index in [2.05, 4.69) is 25.6 Å². The van der Waals surface area contributed by atoms with Crippen LogP contribution in [-0.2, 0) is 0 Å². The first-order valence-electron chi connectivity index (χ1n) is 3.71. The predicted octanol–water partition coefficient (Wildman–Crippen LogP) is 2.26. The molecule has 0 radical (unpaired) electrons. The van der Waals surface area contributed by atoms with Crippen molar-refractivity contribution in [1.82, 2.24) is 0 Å². The maximum absolute atomic E-state index is 5.57. The molecular formula is C10H13N. The Kier molecular flexibility index (Phi) is 2.32. The van der Waals surface area contributed by atoms with Gasteiger partial charge in [-0.05, 0) is 5.56 Å². The summed E-state index contributed by atoms with van der Waals surface area (Å²) in [4.78, 5) is 0. The van der Waals surface area contributed by atoms with Gasteiger partial charge < -0.3 is 5.73 Å². The van der Waals surface area contributed by atoms with Crippen LogP contribution in [0.3, 0.4) is 0 Å². The second kappa shape index (κ2) is 3.24. The summed E-state index contributed by atoms with van der Waals surface area (Å²) >= 11 is 0. The van der Waals surface area contributed by atoms with Crippen LogP contribution in [0.2, 0.25) is 0 Å². The molecule has 0 amide bonds. The Balaban J connectivity index is 2.85. The van der Waals surface area contributed by atoms with Gasteiger partial charge in [0.1, 0.15) is 0 Å². The minimum Gasteiger partial charge on any atom is -0.402 e. The fourth-order valence-electron chi connectivity index (χ4n) is 0.956. The summed E-state index contributed by atoms with van der Waals surface area (Å²) in [6.07, 6.45) is 0.